The number of ether oxygens (including phenoxy) is 1. The van der Waals surface area contributed by atoms with Crippen LogP contribution in [0.5, 0.6) is 11.5 Å². The van der Waals surface area contributed by atoms with E-state index in [4.69, 9.17) is 9.84 Å². The molecule has 3 nitrogen and oxygen atoms in total. The Hall–Kier alpha value is -2.29. The van der Waals surface area contributed by atoms with Crippen molar-refractivity contribution in [2.45, 2.75) is 51.4 Å². The first-order chi connectivity index (χ1) is 11.2. The summed E-state index contributed by atoms with van der Waals surface area (Å²) in [5, 5.41) is 8.96. The van der Waals surface area contributed by atoms with E-state index in [1.165, 1.54) is 17.5 Å². The van der Waals surface area contributed by atoms with E-state index in [2.05, 4.69) is 39.8 Å². The molecule has 0 unspecified atom stereocenters. The highest BCUT2D eigenvalue weighted by Gasteiger charge is 2.37. The van der Waals surface area contributed by atoms with Crippen molar-refractivity contribution in [2.24, 2.45) is 0 Å². The molecule has 24 heavy (non-hydrogen) atoms. The molecular weight excluding hydrogens is 300 g/mol. The molecule has 0 aliphatic heterocycles. The summed E-state index contributed by atoms with van der Waals surface area (Å²) in [4.78, 5) is 10.9. The Bertz CT molecular complexity index is 770. The monoisotopic (exact) mass is 324 g/mol. The zero-order valence-electron chi connectivity index (χ0n) is 14.7. The molecule has 1 N–H and O–H groups in total. The van der Waals surface area contributed by atoms with E-state index >= 15 is 0 Å². The molecule has 2 aromatic carbocycles. The Labute approximate surface area is 143 Å². The maximum absolute atomic E-state index is 10.9. The summed E-state index contributed by atoms with van der Waals surface area (Å²) in [6.45, 7) is 9.16. The van der Waals surface area contributed by atoms with Gasteiger partial charge < -0.3 is 9.84 Å². The molecule has 0 saturated carbocycles. The van der Waals surface area contributed by atoms with Crippen LogP contribution in [0.2, 0.25) is 0 Å². The van der Waals surface area contributed by atoms with Crippen molar-refractivity contribution >= 4 is 5.97 Å². The molecule has 3 heteroatoms. The Morgan fingerprint density at radius 2 is 1.42 bits per heavy atom. The second-order valence-corrected chi connectivity index (χ2v) is 7.91. The van der Waals surface area contributed by atoms with Crippen molar-refractivity contribution in [3.05, 3.63) is 59.2 Å². The van der Waals surface area contributed by atoms with Crippen molar-refractivity contribution in [1.29, 1.82) is 0 Å². The van der Waals surface area contributed by atoms with Gasteiger partial charge in [-0.3, -0.25) is 0 Å². The number of carbonyl (C=O) groups is 1. The maximum atomic E-state index is 10.9. The molecule has 0 radical (unpaired) electrons. The summed E-state index contributed by atoms with van der Waals surface area (Å²) in [7, 11) is 0. The number of benzene rings is 2. The molecule has 2 aromatic rings. The predicted octanol–water partition coefficient (Wildman–Crippen LogP) is 5.53. The first-order valence-corrected chi connectivity index (χ1v) is 8.35. The molecule has 0 heterocycles. The third kappa shape index (κ3) is 3.03. The highest BCUT2D eigenvalue weighted by Crippen LogP contribution is 2.47. The molecule has 126 valence electrons. The largest absolute Gasteiger partial charge is 0.478 e. The SMILES string of the molecule is CC1(C)CCC(C)(C)c2cc(Oc3ccc(C(=O)O)cc3)ccc21. The van der Waals surface area contributed by atoms with Gasteiger partial charge in [0.25, 0.3) is 0 Å². The van der Waals surface area contributed by atoms with E-state index in [9.17, 15) is 4.79 Å². The number of rotatable bonds is 3. The van der Waals surface area contributed by atoms with Gasteiger partial charge in [0, 0.05) is 0 Å². The topological polar surface area (TPSA) is 46.5 Å². The van der Waals surface area contributed by atoms with Crippen LogP contribution in [0.15, 0.2) is 42.5 Å². The van der Waals surface area contributed by atoms with E-state index in [1.54, 1.807) is 24.3 Å². The van der Waals surface area contributed by atoms with Crippen molar-refractivity contribution in [3.8, 4) is 11.5 Å². The van der Waals surface area contributed by atoms with Gasteiger partial charge in [0.1, 0.15) is 11.5 Å². The normalized spacial score (nSPS) is 17.8. The van der Waals surface area contributed by atoms with Gasteiger partial charge in [-0.15, -0.1) is 0 Å². The minimum atomic E-state index is -0.931. The average molecular weight is 324 g/mol. The fraction of sp³-hybridized carbons (Fsp3) is 0.381. The Morgan fingerprint density at radius 1 is 0.875 bits per heavy atom. The number of fused-ring (bicyclic) bond motifs is 1. The molecule has 0 amide bonds. The highest BCUT2D eigenvalue weighted by molar-refractivity contribution is 5.87. The van der Waals surface area contributed by atoms with E-state index < -0.39 is 5.97 Å². The smallest absolute Gasteiger partial charge is 0.335 e. The summed E-state index contributed by atoms with van der Waals surface area (Å²) in [5.41, 5.74) is 3.32. The molecule has 1 aliphatic carbocycles. The predicted molar refractivity (Wildman–Crippen MR) is 95.2 cm³/mol. The van der Waals surface area contributed by atoms with Gasteiger partial charge in [-0.1, -0.05) is 33.8 Å². The first kappa shape index (κ1) is 16.6. The van der Waals surface area contributed by atoms with Crippen molar-refractivity contribution in [3.63, 3.8) is 0 Å². The second kappa shape index (κ2) is 5.66. The molecule has 0 fully saturated rings. The third-order valence-corrected chi connectivity index (χ3v) is 5.16. The molecule has 0 aromatic heterocycles. The summed E-state index contributed by atoms with van der Waals surface area (Å²) < 4.78 is 5.95. The standard InChI is InChI=1S/C21H24O3/c1-20(2)11-12-21(3,4)18-13-16(9-10-17(18)20)24-15-7-5-14(6-8-15)19(22)23/h5-10,13H,11-12H2,1-4H3,(H,22,23). The van der Waals surface area contributed by atoms with Crippen LogP contribution in [0.4, 0.5) is 0 Å². The van der Waals surface area contributed by atoms with Crippen LogP contribution in [-0.4, -0.2) is 11.1 Å². The minimum absolute atomic E-state index is 0.136. The number of hydrogen-bond donors (Lipinski definition) is 1. The lowest BCUT2D eigenvalue weighted by Crippen LogP contribution is -2.33. The molecule has 0 atom stereocenters. The third-order valence-electron chi connectivity index (χ3n) is 5.16. The van der Waals surface area contributed by atoms with Gasteiger partial charge in [0.2, 0.25) is 0 Å². The first-order valence-electron chi connectivity index (χ1n) is 8.35. The Morgan fingerprint density at radius 3 is 2.00 bits per heavy atom. The molecule has 3 rings (SSSR count). The Balaban J connectivity index is 1.92. The van der Waals surface area contributed by atoms with Gasteiger partial charge in [0.15, 0.2) is 0 Å². The number of aromatic carboxylic acids is 1. The van der Waals surface area contributed by atoms with Crippen LogP contribution < -0.4 is 4.74 Å². The maximum Gasteiger partial charge on any atom is 0.335 e. The van der Waals surface area contributed by atoms with Crippen LogP contribution in [0.3, 0.4) is 0 Å². The van der Waals surface area contributed by atoms with Gasteiger partial charge in [-0.25, -0.2) is 4.79 Å². The molecule has 1 aliphatic rings. The summed E-state index contributed by atoms with van der Waals surface area (Å²) in [6, 6.07) is 12.8. The van der Waals surface area contributed by atoms with Crippen molar-refractivity contribution < 1.29 is 14.6 Å². The van der Waals surface area contributed by atoms with Crippen LogP contribution in [0, 0.1) is 0 Å². The zero-order valence-corrected chi connectivity index (χ0v) is 14.7. The summed E-state index contributed by atoms with van der Waals surface area (Å²) >= 11 is 0. The second-order valence-electron chi connectivity index (χ2n) is 7.91. The lowest BCUT2D eigenvalue weighted by molar-refractivity contribution is 0.0697. The van der Waals surface area contributed by atoms with E-state index in [1.807, 2.05) is 6.07 Å². The highest BCUT2D eigenvalue weighted by atomic mass is 16.5. The van der Waals surface area contributed by atoms with Crippen molar-refractivity contribution in [2.75, 3.05) is 0 Å². The lowest BCUT2D eigenvalue weighted by atomic mass is 9.63. The van der Waals surface area contributed by atoms with Crippen LogP contribution >= 0.6 is 0 Å². The van der Waals surface area contributed by atoms with Gasteiger partial charge >= 0.3 is 5.97 Å². The van der Waals surface area contributed by atoms with Crippen LogP contribution in [0.1, 0.15) is 62.0 Å². The van der Waals surface area contributed by atoms with E-state index in [0.717, 1.165) is 12.2 Å². The van der Waals surface area contributed by atoms with E-state index in [0.29, 0.717) is 5.75 Å². The van der Waals surface area contributed by atoms with E-state index in [-0.39, 0.29) is 16.4 Å². The number of carboxylic acids is 1. The van der Waals surface area contributed by atoms with Crippen LogP contribution in [-0.2, 0) is 10.8 Å². The number of carboxylic acid groups (broad SMARTS) is 1. The summed E-state index contributed by atoms with van der Waals surface area (Å²) in [6.07, 6.45) is 2.34. The minimum Gasteiger partial charge on any atom is -0.478 e. The van der Waals surface area contributed by atoms with Gasteiger partial charge in [-0.05, 0) is 71.2 Å². The molecule has 0 spiro atoms. The van der Waals surface area contributed by atoms with Crippen molar-refractivity contribution in [1.82, 2.24) is 0 Å². The average Bonchev–Trinajstić information content (AvgIpc) is 2.52. The zero-order chi connectivity index (χ0) is 17.5. The van der Waals surface area contributed by atoms with Gasteiger partial charge in [0.05, 0.1) is 5.56 Å². The molecule has 0 saturated heterocycles. The number of hydrogen-bond acceptors (Lipinski definition) is 2. The fourth-order valence-electron chi connectivity index (χ4n) is 3.43. The fourth-order valence-corrected chi connectivity index (χ4v) is 3.43. The molecule has 0 bridgehead atoms. The molecular formula is C21H24O3. The van der Waals surface area contributed by atoms with Crippen LogP contribution in [0.25, 0.3) is 0 Å². The quantitative estimate of drug-likeness (QED) is 0.808. The lowest BCUT2D eigenvalue weighted by Gasteiger charge is -2.41. The summed E-state index contributed by atoms with van der Waals surface area (Å²) in [5.74, 6) is 0.509. The Kier molecular flexibility index (Phi) is 3.90. The van der Waals surface area contributed by atoms with Gasteiger partial charge in [-0.2, -0.15) is 0 Å².